The quantitative estimate of drug-likeness (QED) is 0.447. The molecule has 0 radical (unpaired) electrons. The van der Waals surface area contributed by atoms with Crippen LogP contribution in [0, 0.1) is 11.3 Å². The molecule has 0 aliphatic carbocycles. The highest BCUT2D eigenvalue weighted by molar-refractivity contribution is 6.30. The molecule has 0 aliphatic rings. The van der Waals surface area contributed by atoms with E-state index in [4.69, 9.17) is 16.9 Å². The van der Waals surface area contributed by atoms with Crippen molar-refractivity contribution < 1.29 is 9.90 Å². The van der Waals surface area contributed by atoms with Crippen LogP contribution in [0.3, 0.4) is 0 Å². The van der Waals surface area contributed by atoms with Crippen molar-refractivity contribution in [2.45, 2.75) is 6.54 Å². The van der Waals surface area contributed by atoms with E-state index in [0.717, 1.165) is 5.56 Å². The predicted molar refractivity (Wildman–Crippen MR) is 88.7 cm³/mol. The van der Waals surface area contributed by atoms with Crippen molar-refractivity contribution in [3.63, 3.8) is 0 Å². The Morgan fingerprint density at radius 2 is 1.83 bits per heavy atom. The van der Waals surface area contributed by atoms with E-state index in [0.29, 0.717) is 17.3 Å². The highest BCUT2D eigenvalue weighted by Gasteiger charge is 2.09. The number of aromatic hydroxyl groups is 1. The largest absolute Gasteiger partial charge is 0.508 e. The number of benzene rings is 2. The number of carbonyl (C=O) groups excluding carboxylic acids is 1. The molecule has 0 aliphatic heterocycles. The average molecular weight is 328 g/mol. The molecule has 0 unspecified atom stereocenters. The molecule has 0 fully saturated rings. The van der Waals surface area contributed by atoms with Crippen molar-refractivity contribution in [1.29, 1.82) is 5.26 Å². The lowest BCUT2D eigenvalue weighted by Gasteiger charge is -2.05. The Morgan fingerprint density at radius 3 is 2.43 bits per heavy atom. The molecular weight excluding hydrogens is 314 g/mol. The number of hydrogen-bond acceptors (Lipinski definition) is 4. The lowest BCUT2D eigenvalue weighted by molar-refractivity contribution is -0.112. The van der Waals surface area contributed by atoms with Crippen molar-refractivity contribution in [3.05, 3.63) is 70.9 Å². The Kier molecular flexibility index (Phi) is 5.61. The summed E-state index contributed by atoms with van der Waals surface area (Å²) in [5.74, 6) is -0.425. The van der Waals surface area contributed by atoms with Crippen LogP contribution in [-0.2, 0) is 11.3 Å². The fourth-order valence-corrected chi connectivity index (χ4v) is 1.89. The van der Waals surface area contributed by atoms with Crippen molar-refractivity contribution in [2.24, 2.45) is 0 Å². The Balaban J connectivity index is 1.95. The van der Waals surface area contributed by atoms with Gasteiger partial charge in [-0.05, 0) is 42.0 Å². The number of anilines is 1. The average Bonchev–Trinajstić information content (AvgIpc) is 2.55. The fraction of sp³-hybridized carbons (Fsp3) is 0.0588. The van der Waals surface area contributed by atoms with Crippen LogP contribution in [-0.4, -0.2) is 11.0 Å². The summed E-state index contributed by atoms with van der Waals surface area (Å²) in [7, 11) is 0. The van der Waals surface area contributed by atoms with Crippen LogP contribution >= 0.6 is 11.6 Å². The van der Waals surface area contributed by atoms with Crippen LogP contribution in [0.4, 0.5) is 5.69 Å². The number of nitriles is 1. The summed E-state index contributed by atoms with van der Waals surface area (Å²) >= 11 is 5.80. The first-order valence-corrected chi connectivity index (χ1v) is 7.15. The number of phenols is 1. The van der Waals surface area contributed by atoms with Crippen LogP contribution < -0.4 is 10.6 Å². The zero-order valence-electron chi connectivity index (χ0n) is 12.1. The predicted octanol–water partition coefficient (Wildman–Crippen LogP) is 3.18. The molecule has 0 aromatic heterocycles. The molecule has 0 spiro atoms. The van der Waals surface area contributed by atoms with E-state index in [1.165, 1.54) is 18.3 Å². The van der Waals surface area contributed by atoms with Gasteiger partial charge in [-0.15, -0.1) is 0 Å². The van der Waals surface area contributed by atoms with Gasteiger partial charge >= 0.3 is 0 Å². The van der Waals surface area contributed by atoms with Gasteiger partial charge in [-0.25, -0.2) is 0 Å². The first-order valence-electron chi connectivity index (χ1n) is 6.77. The molecule has 1 amide bonds. The maximum absolute atomic E-state index is 12.0. The van der Waals surface area contributed by atoms with Gasteiger partial charge in [-0.2, -0.15) is 5.26 Å². The van der Waals surface area contributed by atoms with Crippen LogP contribution in [0.2, 0.25) is 5.02 Å². The Hall–Kier alpha value is -2.97. The topological polar surface area (TPSA) is 85.2 Å². The third-order valence-corrected chi connectivity index (χ3v) is 3.21. The number of amides is 1. The van der Waals surface area contributed by atoms with E-state index >= 15 is 0 Å². The summed E-state index contributed by atoms with van der Waals surface area (Å²) in [4.78, 5) is 12.0. The number of carbonyl (C=O) groups is 1. The number of halogens is 1. The van der Waals surface area contributed by atoms with Gasteiger partial charge in [-0.3, -0.25) is 4.79 Å². The highest BCUT2D eigenvalue weighted by Crippen LogP contribution is 2.14. The number of nitrogens with zero attached hydrogens (tertiary/aromatic N) is 1. The second kappa shape index (κ2) is 7.87. The molecular formula is C17H14ClN3O2. The molecule has 6 heteroatoms. The first-order chi connectivity index (χ1) is 11.1. The number of hydrogen-bond donors (Lipinski definition) is 3. The third-order valence-electron chi connectivity index (χ3n) is 2.96. The molecule has 0 heterocycles. The van der Waals surface area contributed by atoms with Crippen LogP contribution in [0.5, 0.6) is 5.75 Å². The van der Waals surface area contributed by atoms with Gasteiger partial charge in [0.2, 0.25) is 0 Å². The summed E-state index contributed by atoms with van der Waals surface area (Å²) in [5, 5.41) is 24.4. The maximum atomic E-state index is 12.0. The molecule has 116 valence electrons. The summed E-state index contributed by atoms with van der Waals surface area (Å²) in [5.41, 5.74) is 1.42. The van der Waals surface area contributed by atoms with E-state index in [9.17, 15) is 9.90 Å². The van der Waals surface area contributed by atoms with Crippen LogP contribution in [0.25, 0.3) is 0 Å². The van der Waals surface area contributed by atoms with E-state index < -0.39 is 5.91 Å². The van der Waals surface area contributed by atoms with E-state index in [1.807, 2.05) is 18.2 Å². The van der Waals surface area contributed by atoms with Crippen LogP contribution in [0.1, 0.15) is 5.56 Å². The van der Waals surface area contributed by atoms with Gasteiger partial charge in [0.15, 0.2) is 0 Å². The summed E-state index contributed by atoms with van der Waals surface area (Å²) in [6, 6.07) is 15.1. The number of rotatable bonds is 5. The normalized spacial score (nSPS) is 10.7. The SMILES string of the molecule is N#C/C(=C/NCc1ccc(Cl)cc1)C(=O)Nc1ccc(O)cc1. The minimum atomic E-state index is -0.526. The van der Waals surface area contributed by atoms with Gasteiger partial charge in [0.1, 0.15) is 17.4 Å². The van der Waals surface area contributed by atoms with Gasteiger partial charge < -0.3 is 15.7 Å². The molecule has 0 atom stereocenters. The zero-order valence-corrected chi connectivity index (χ0v) is 12.8. The second-order valence-corrected chi connectivity index (χ2v) is 5.11. The molecule has 2 rings (SSSR count). The monoisotopic (exact) mass is 327 g/mol. The second-order valence-electron chi connectivity index (χ2n) is 4.68. The number of nitrogens with one attached hydrogen (secondary N) is 2. The van der Waals surface area contributed by atoms with Gasteiger partial charge in [0, 0.05) is 23.5 Å². The van der Waals surface area contributed by atoms with Gasteiger partial charge in [-0.1, -0.05) is 23.7 Å². The summed E-state index contributed by atoms with van der Waals surface area (Å²) in [6.07, 6.45) is 1.37. The third kappa shape index (κ3) is 5.06. The summed E-state index contributed by atoms with van der Waals surface area (Å²) in [6.45, 7) is 0.467. The zero-order chi connectivity index (χ0) is 16.7. The lowest BCUT2D eigenvalue weighted by atomic mass is 10.2. The Bertz CT molecular complexity index is 747. The van der Waals surface area contributed by atoms with Gasteiger partial charge in [0.25, 0.3) is 5.91 Å². The smallest absolute Gasteiger partial charge is 0.267 e. The molecule has 23 heavy (non-hydrogen) atoms. The standard InChI is InChI=1S/C17H14ClN3O2/c18-14-3-1-12(2-4-14)10-20-11-13(9-19)17(23)21-15-5-7-16(22)8-6-15/h1-8,11,20,22H,10H2,(H,21,23)/b13-11-. The molecule has 2 aromatic rings. The minimum Gasteiger partial charge on any atom is -0.508 e. The van der Waals surface area contributed by atoms with Crippen molar-refractivity contribution in [1.82, 2.24) is 5.32 Å². The fourth-order valence-electron chi connectivity index (χ4n) is 1.76. The van der Waals surface area contributed by atoms with E-state index in [1.54, 1.807) is 24.3 Å². The first kappa shape index (κ1) is 16.4. The lowest BCUT2D eigenvalue weighted by Crippen LogP contribution is -2.16. The molecule has 0 saturated carbocycles. The van der Waals surface area contributed by atoms with Gasteiger partial charge in [0.05, 0.1) is 0 Å². The number of phenolic OH excluding ortho intramolecular Hbond substituents is 1. The molecule has 3 N–H and O–H groups in total. The van der Waals surface area contributed by atoms with Crippen molar-refractivity contribution in [3.8, 4) is 11.8 Å². The molecule has 0 saturated heterocycles. The van der Waals surface area contributed by atoms with Crippen molar-refractivity contribution >= 4 is 23.2 Å². The van der Waals surface area contributed by atoms with Crippen molar-refractivity contribution in [2.75, 3.05) is 5.32 Å². The summed E-state index contributed by atoms with van der Waals surface area (Å²) < 4.78 is 0. The Labute approximate surface area is 138 Å². The van der Waals surface area contributed by atoms with E-state index in [-0.39, 0.29) is 11.3 Å². The maximum Gasteiger partial charge on any atom is 0.267 e. The highest BCUT2D eigenvalue weighted by atomic mass is 35.5. The Morgan fingerprint density at radius 1 is 1.17 bits per heavy atom. The van der Waals surface area contributed by atoms with Crippen LogP contribution in [0.15, 0.2) is 60.3 Å². The minimum absolute atomic E-state index is 0.0490. The molecule has 5 nitrogen and oxygen atoms in total. The molecule has 2 aromatic carbocycles. The van der Waals surface area contributed by atoms with E-state index in [2.05, 4.69) is 10.6 Å². The molecule has 0 bridgehead atoms.